The Morgan fingerprint density at radius 2 is 2.00 bits per heavy atom. The molecule has 2 aliphatic carbocycles. The number of halogens is 2. The topological polar surface area (TPSA) is 26.3 Å². The van der Waals surface area contributed by atoms with Gasteiger partial charge in [-0.3, -0.25) is 4.79 Å². The first-order valence-electron chi connectivity index (χ1n) is 8.31. The molecule has 0 N–H and O–H groups in total. The Kier molecular flexibility index (Phi) is 5.71. The lowest BCUT2D eigenvalue weighted by molar-refractivity contribution is -0.149. The molecule has 4 heteroatoms. The van der Waals surface area contributed by atoms with Crippen LogP contribution in [0, 0.1) is 17.3 Å². The second kappa shape index (κ2) is 7.09. The van der Waals surface area contributed by atoms with Gasteiger partial charge in [0.2, 0.25) is 0 Å². The first-order chi connectivity index (χ1) is 11.1. The van der Waals surface area contributed by atoms with E-state index >= 15 is 0 Å². The fourth-order valence-corrected chi connectivity index (χ4v) is 4.04. The highest BCUT2D eigenvalue weighted by Gasteiger charge is 2.61. The van der Waals surface area contributed by atoms with Gasteiger partial charge in [-0.2, -0.15) is 0 Å². The summed E-state index contributed by atoms with van der Waals surface area (Å²) in [6.45, 7) is 14.1. The van der Waals surface area contributed by atoms with E-state index in [-0.39, 0.29) is 33.8 Å². The molecule has 1 fully saturated rings. The molecule has 0 aromatic carbocycles. The Balaban J connectivity index is 2.15. The molecule has 2 nitrogen and oxygen atoms in total. The third kappa shape index (κ3) is 3.65. The lowest BCUT2D eigenvalue weighted by Crippen LogP contribution is -2.20. The fourth-order valence-electron chi connectivity index (χ4n) is 3.66. The van der Waals surface area contributed by atoms with Crippen molar-refractivity contribution in [2.45, 2.75) is 53.6 Å². The number of ether oxygens (including phenoxy) is 1. The van der Waals surface area contributed by atoms with E-state index in [0.29, 0.717) is 12.8 Å². The summed E-state index contributed by atoms with van der Waals surface area (Å²) < 4.78 is 6.09. The predicted octanol–water partition coefficient (Wildman–Crippen LogP) is 6.12. The van der Waals surface area contributed by atoms with Crippen molar-refractivity contribution in [2.75, 3.05) is 0 Å². The van der Waals surface area contributed by atoms with Crippen molar-refractivity contribution in [1.29, 1.82) is 0 Å². The Labute approximate surface area is 155 Å². The molecular weight excluding hydrogens is 343 g/mol. The number of rotatable bonds is 5. The molecule has 24 heavy (non-hydrogen) atoms. The van der Waals surface area contributed by atoms with Crippen LogP contribution in [-0.4, -0.2) is 12.1 Å². The van der Waals surface area contributed by atoms with Crippen molar-refractivity contribution >= 4 is 29.2 Å². The number of esters is 1. The fraction of sp³-hybridized carbons (Fsp3) is 0.550. The molecule has 0 spiro atoms. The summed E-state index contributed by atoms with van der Waals surface area (Å²) in [5.41, 5.74) is 4.11. The van der Waals surface area contributed by atoms with Gasteiger partial charge in [0, 0.05) is 6.42 Å². The standard InChI is InChI=1S/C20H26Cl2O2/c1-7-8-13-12(4)16(10-14(13)18(21)22)24-19(23)17-15(9-11(2)3)20(17,5)6/h7,9,15-17H,1,8,10H2,2-6H3/t15-,16?,17+/m1/s1. The SMILES string of the molecule is C=CCC1=C(C)C(OC(=O)[C@@H]2[C@@H](C=C(C)C)C2(C)C)CC1=C(Cl)Cl. The van der Waals surface area contributed by atoms with Gasteiger partial charge in [0.1, 0.15) is 10.6 Å². The molecule has 0 heterocycles. The number of hydrogen-bond donors (Lipinski definition) is 0. The van der Waals surface area contributed by atoms with E-state index in [9.17, 15) is 4.79 Å². The van der Waals surface area contributed by atoms with E-state index in [2.05, 4.69) is 40.3 Å². The Morgan fingerprint density at radius 1 is 1.38 bits per heavy atom. The predicted molar refractivity (Wildman–Crippen MR) is 101 cm³/mol. The van der Waals surface area contributed by atoms with E-state index < -0.39 is 0 Å². The van der Waals surface area contributed by atoms with Gasteiger partial charge in [-0.25, -0.2) is 0 Å². The quantitative estimate of drug-likeness (QED) is 0.431. The van der Waals surface area contributed by atoms with Gasteiger partial charge in [0.25, 0.3) is 0 Å². The molecule has 3 atom stereocenters. The first-order valence-corrected chi connectivity index (χ1v) is 9.07. The zero-order chi connectivity index (χ0) is 18.2. The lowest BCUT2D eigenvalue weighted by atomic mass is 10.1. The molecule has 1 saturated carbocycles. The second-order valence-electron chi connectivity index (χ2n) is 7.59. The molecule has 1 unspecified atom stereocenters. The molecule has 0 radical (unpaired) electrons. The van der Waals surface area contributed by atoms with Gasteiger partial charge in [-0.05, 0) is 55.2 Å². The maximum atomic E-state index is 12.7. The zero-order valence-electron chi connectivity index (χ0n) is 15.1. The van der Waals surface area contributed by atoms with Gasteiger partial charge in [-0.15, -0.1) is 6.58 Å². The summed E-state index contributed by atoms with van der Waals surface area (Å²) in [5.74, 6) is 0.0410. The Morgan fingerprint density at radius 3 is 2.50 bits per heavy atom. The molecule has 2 rings (SSSR count). The van der Waals surface area contributed by atoms with Crippen LogP contribution < -0.4 is 0 Å². The zero-order valence-corrected chi connectivity index (χ0v) is 16.6. The normalized spacial score (nSPS) is 27.8. The van der Waals surface area contributed by atoms with E-state index in [1.165, 1.54) is 5.57 Å². The molecule has 0 aliphatic heterocycles. The van der Waals surface area contributed by atoms with Crippen LogP contribution in [-0.2, 0) is 9.53 Å². The Bertz CT molecular complexity index is 645. The van der Waals surface area contributed by atoms with Crippen molar-refractivity contribution in [3.05, 3.63) is 45.5 Å². The van der Waals surface area contributed by atoms with Crippen molar-refractivity contribution < 1.29 is 9.53 Å². The molecule has 0 bridgehead atoms. The molecule has 132 valence electrons. The second-order valence-corrected chi connectivity index (χ2v) is 8.54. The molecule has 2 aliphatic rings. The number of allylic oxidation sites excluding steroid dienone is 4. The summed E-state index contributed by atoms with van der Waals surface area (Å²) in [4.78, 5) is 12.7. The van der Waals surface area contributed by atoms with E-state index in [1.807, 2.05) is 13.0 Å². The summed E-state index contributed by atoms with van der Waals surface area (Å²) in [7, 11) is 0. The number of carbonyl (C=O) groups is 1. The summed E-state index contributed by atoms with van der Waals surface area (Å²) >= 11 is 12.0. The third-order valence-corrected chi connectivity index (χ3v) is 5.68. The van der Waals surface area contributed by atoms with Crippen molar-refractivity contribution in [1.82, 2.24) is 0 Å². The number of carbonyl (C=O) groups excluding carboxylic acids is 1. The minimum atomic E-state index is -0.279. The van der Waals surface area contributed by atoms with Crippen LogP contribution >= 0.6 is 23.2 Å². The minimum Gasteiger partial charge on any atom is -0.457 e. The van der Waals surface area contributed by atoms with Gasteiger partial charge in [0.15, 0.2) is 0 Å². The van der Waals surface area contributed by atoms with E-state index in [4.69, 9.17) is 27.9 Å². The highest BCUT2D eigenvalue weighted by Crippen LogP contribution is 2.60. The highest BCUT2D eigenvalue weighted by molar-refractivity contribution is 6.56. The van der Waals surface area contributed by atoms with Gasteiger partial charge < -0.3 is 4.74 Å². The monoisotopic (exact) mass is 368 g/mol. The molecule has 0 amide bonds. The first kappa shape index (κ1) is 19.3. The summed E-state index contributed by atoms with van der Waals surface area (Å²) in [5, 5.41) is 0. The Hall–Kier alpha value is -0.990. The average molecular weight is 369 g/mol. The van der Waals surface area contributed by atoms with Crippen LogP contribution in [0.15, 0.2) is 45.5 Å². The van der Waals surface area contributed by atoms with Gasteiger partial charge in [0.05, 0.1) is 5.92 Å². The highest BCUT2D eigenvalue weighted by atomic mass is 35.5. The smallest absolute Gasteiger partial charge is 0.310 e. The van der Waals surface area contributed by atoms with Crippen LogP contribution in [0.5, 0.6) is 0 Å². The van der Waals surface area contributed by atoms with Crippen molar-refractivity contribution in [3.63, 3.8) is 0 Å². The van der Waals surface area contributed by atoms with E-state index in [1.54, 1.807) is 0 Å². The number of hydrogen-bond acceptors (Lipinski definition) is 2. The third-order valence-electron chi connectivity index (χ3n) is 5.23. The van der Waals surface area contributed by atoms with Gasteiger partial charge in [-0.1, -0.05) is 54.8 Å². The van der Waals surface area contributed by atoms with Crippen LogP contribution in [0.25, 0.3) is 0 Å². The van der Waals surface area contributed by atoms with Crippen LogP contribution in [0.4, 0.5) is 0 Å². The molecular formula is C20H26Cl2O2. The largest absolute Gasteiger partial charge is 0.457 e. The minimum absolute atomic E-state index is 0.0443. The van der Waals surface area contributed by atoms with E-state index in [0.717, 1.165) is 16.7 Å². The lowest BCUT2D eigenvalue weighted by Gasteiger charge is -2.14. The van der Waals surface area contributed by atoms with Crippen LogP contribution in [0.3, 0.4) is 0 Å². The van der Waals surface area contributed by atoms with Crippen molar-refractivity contribution in [2.24, 2.45) is 17.3 Å². The summed E-state index contributed by atoms with van der Waals surface area (Å²) in [6, 6.07) is 0. The van der Waals surface area contributed by atoms with Crippen LogP contribution in [0.2, 0.25) is 0 Å². The van der Waals surface area contributed by atoms with Crippen LogP contribution in [0.1, 0.15) is 47.5 Å². The van der Waals surface area contributed by atoms with Gasteiger partial charge >= 0.3 is 5.97 Å². The maximum Gasteiger partial charge on any atom is 0.310 e. The molecule has 0 aromatic heterocycles. The molecule has 0 aromatic rings. The summed E-state index contributed by atoms with van der Waals surface area (Å²) in [6.07, 6.45) is 4.93. The molecule has 0 saturated heterocycles. The maximum absolute atomic E-state index is 12.7. The average Bonchev–Trinajstić information content (AvgIpc) is 2.84. The van der Waals surface area contributed by atoms with Crippen molar-refractivity contribution in [3.8, 4) is 0 Å².